The number of hydrogen-bond acceptors (Lipinski definition) is 4. The fourth-order valence-electron chi connectivity index (χ4n) is 2.02. The van der Waals surface area contributed by atoms with E-state index < -0.39 is 18.9 Å². The van der Waals surface area contributed by atoms with E-state index in [2.05, 4.69) is 10.7 Å². The van der Waals surface area contributed by atoms with Gasteiger partial charge in [-0.25, -0.2) is 10.4 Å². The SMILES string of the molecule is O=CC1NCC(c2ccc(Cl)cc2)NN1CC(F)(F)F. The second-order valence-electron chi connectivity index (χ2n) is 4.47. The number of rotatable bonds is 3. The quantitative estimate of drug-likeness (QED) is 0.837. The van der Waals surface area contributed by atoms with Gasteiger partial charge in [-0.3, -0.25) is 5.32 Å². The second-order valence-corrected chi connectivity index (χ2v) is 4.90. The summed E-state index contributed by atoms with van der Waals surface area (Å²) in [7, 11) is 0. The Hall–Kier alpha value is -1.15. The van der Waals surface area contributed by atoms with Gasteiger partial charge in [-0.15, -0.1) is 0 Å². The van der Waals surface area contributed by atoms with Crippen molar-refractivity contribution in [3.8, 4) is 0 Å². The number of benzene rings is 1. The van der Waals surface area contributed by atoms with E-state index >= 15 is 0 Å². The van der Waals surface area contributed by atoms with Crippen LogP contribution in [0, 0.1) is 0 Å². The summed E-state index contributed by atoms with van der Waals surface area (Å²) in [5.41, 5.74) is 3.51. The molecule has 0 bridgehead atoms. The molecule has 2 unspecified atom stereocenters. The van der Waals surface area contributed by atoms with Crippen LogP contribution >= 0.6 is 11.6 Å². The molecule has 2 rings (SSSR count). The summed E-state index contributed by atoms with van der Waals surface area (Å²) in [6, 6.07) is 6.44. The van der Waals surface area contributed by atoms with Gasteiger partial charge in [0.15, 0.2) is 6.29 Å². The van der Waals surface area contributed by atoms with Crippen molar-refractivity contribution in [2.24, 2.45) is 0 Å². The fraction of sp³-hybridized carbons (Fsp3) is 0.417. The summed E-state index contributed by atoms with van der Waals surface area (Å²) in [4.78, 5) is 10.8. The normalized spacial score (nSPS) is 24.6. The predicted octanol–water partition coefficient (Wildman–Crippen LogP) is 1.88. The average Bonchev–Trinajstić information content (AvgIpc) is 2.37. The minimum atomic E-state index is -4.39. The number of carbonyl (C=O) groups excluding carboxylic acids is 1. The van der Waals surface area contributed by atoms with Gasteiger partial charge in [-0.05, 0) is 17.7 Å². The molecule has 8 heteroatoms. The van der Waals surface area contributed by atoms with E-state index in [9.17, 15) is 18.0 Å². The van der Waals surface area contributed by atoms with E-state index in [1.807, 2.05) is 0 Å². The Morgan fingerprint density at radius 3 is 2.55 bits per heavy atom. The zero-order chi connectivity index (χ0) is 14.8. The summed E-state index contributed by atoms with van der Waals surface area (Å²) in [5, 5.41) is 4.18. The zero-order valence-corrected chi connectivity index (χ0v) is 11.1. The van der Waals surface area contributed by atoms with E-state index in [-0.39, 0.29) is 6.04 Å². The lowest BCUT2D eigenvalue weighted by Crippen LogP contribution is -2.63. The molecule has 1 heterocycles. The Bertz CT molecular complexity index is 466. The molecule has 0 spiro atoms. The Morgan fingerprint density at radius 1 is 1.35 bits per heavy atom. The van der Waals surface area contributed by atoms with Crippen molar-refractivity contribution in [1.29, 1.82) is 0 Å². The Morgan fingerprint density at radius 2 is 2.00 bits per heavy atom. The maximum atomic E-state index is 12.5. The first-order valence-corrected chi connectivity index (χ1v) is 6.30. The van der Waals surface area contributed by atoms with Crippen LogP contribution in [0.4, 0.5) is 13.2 Å². The molecule has 1 saturated heterocycles. The molecular formula is C12H13ClF3N3O. The molecule has 0 amide bonds. The molecule has 1 aromatic rings. The van der Waals surface area contributed by atoms with Gasteiger partial charge >= 0.3 is 6.18 Å². The number of nitrogens with one attached hydrogen (secondary N) is 2. The van der Waals surface area contributed by atoms with Gasteiger partial charge in [-0.2, -0.15) is 13.2 Å². The van der Waals surface area contributed by atoms with Crippen molar-refractivity contribution in [2.75, 3.05) is 13.1 Å². The first-order chi connectivity index (χ1) is 9.39. The third kappa shape index (κ3) is 3.92. The van der Waals surface area contributed by atoms with Crippen molar-refractivity contribution in [1.82, 2.24) is 15.8 Å². The lowest BCUT2D eigenvalue weighted by molar-refractivity contribution is -0.167. The van der Waals surface area contributed by atoms with Crippen molar-refractivity contribution >= 4 is 17.9 Å². The van der Waals surface area contributed by atoms with E-state index in [0.717, 1.165) is 10.6 Å². The summed E-state index contributed by atoms with van der Waals surface area (Å²) in [5.74, 6) is 0. The molecule has 20 heavy (non-hydrogen) atoms. The molecule has 0 aromatic heterocycles. The minimum Gasteiger partial charge on any atom is -0.300 e. The van der Waals surface area contributed by atoms with Gasteiger partial charge < -0.3 is 4.79 Å². The number of halogens is 4. The first kappa shape index (κ1) is 15.2. The third-order valence-electron chi connectivity index (χ3n) is 2.94. The molecule has 2 N–H and O–H groups in total. The van der Waals surface area contributed by atoms with Crippen LogP contribution in [0.3, 0.4) is 0 Å². The van der Waals surface area contributed by atoms with Crippen LogP contribution in [0.2, 0.25) is 5.02 Å². The number of hydrogen-bond donors (Lipinski definition) is 2. The zero-order valence-electron chi connectivity index (χ0n) is 10.3. The van der Waals surface area contributed by atoms with Gasteiger partial charge in [0.25, 0.3) is 0 Å². The van der Waals surface area contributed by atoms with Gasteiger partial charge in [-0.1, -0.05) is 23.7 Å². The highest BCUT2D eigenvalue weighted by atomic mass is 35.5. The van der Waals surface area contributed by atoms with Crippen molar-refractivity contribution < 1.29 is 18.0 Å². The molecule has 0 radical (unpaired) electrons. The molecule has 110 valence electrons. The van der Waals surface area contributed by atoms with Crippen LogP contribution in [0.1, 0.15) is 11.6 Å². The molecule has 2 atom stereocenters. The second kappa shape index (κ2) is 6.09. The lowest BCUT2D eigenvalue weighted by atomic mass is 10.1. The minimum absolute atomic E-state index is 0.347. The third-order valence-corrected chi connectivity index (χ3v) is 3.19. The smallest absolute Gasteiger partial charge is 0.300 e. The van der Waals surface area contributed by atoms with Gasteiger partial charge in [0.1, 0.15) is 12.7 Å². The standard InChI is InChI=1S/C12H13ClF3N3O/c13-9-3-1-8(2-4-9)10-5-17-11(6-20)19(18-10)7-12(14,15)16/h1-4,6,10-11,17-18H,5,7H2. The molecule has 1 aliphatic heterocycles. The number of aldehydes is 1. The van der Waals surface area contributed by atoms with Crippen LogP contribution in [-0.2, 0) is 4.79 Å². The Balaban J connectivity index is 2.11. The van der Waals surface area contributed by atoms with Gasteiger partial charge in [0.05, 0.1) is 6.04 Å². The van der Waals surface area contributed by atoms with Crippen LogP contribution in [0.25, 0.3) is 0 Å². The summed E-state index contributed by atoms with van der Waals surface area (Å²) < 4.78 is 37.5. The summed E-state index contributed by atoms with van der Waals surface area (Å²) in [6.07, 6.45) is -4.95. The first-order valence-electron chi connectivity index (χ1n) is 5.93. The van der Waals surface area contributed by atoms with E-state index in [0.29, 0.717) is 17.9 Å². The van der Waals surface area contributed by atoms with Gasteiger partial charge in [0, 0.05) is 11.6 Å². The average molecular weight is 308 g/mol. The number of carbonyl (C=O) groups is 1. The van der Waals surface area contributed by atoms with Crippen molar-refractivity contribution in [3.63, 3.8) is 0 Å². The molecule has 1 fully saturated rings. The molecule has 1 aliphatic rings. The van der Waals surface area contributed by atoms with Gasteiger partial charge in [0.2, 0.25) is 0 Å². The van der Waals surface area contributed by atoms with Crippen LogP contribution in [0.15, 0.2) is 24.3 Å². The topological polar surface area (TPSA) is 44.4 Å². The molecule has 4 nitrogen and oxygen atoms in total. The molecule has 1 aromatic carbocycles. The van der Waals surface area contributed by atoms with Crippen molar-refractivity contribution in [2.45, 2.75) is 18.4 Å². The van der Waals surface area contributed by atoms with E-state index in [1.165, 1.54) is 0 Å². The molecule has 0 aliphatic carbocycles. The maximum Gasteiger partial charge on any atom is 0.402 e. The molecular weight excluding hydrogens is 295 g/mol. The molecule has 0 saturated carbocycles. The van der Waals surface area contributed by atoms with Crippen LogP contribution < -0.4 is 10.7 Å². The lowest BCUT2D eigenvalue weighted by Gasteiger charge is -2.39. The van der Waals surface area contributed by atoms with Crippen molar-refractivity contribution in [3.05, 3.63) is 34.9 Å². The number of nitrogens with zero attached hydrogens (tertiary/aromatic N) is 1. The monoisotopic (exact) mass is 307 g/mol. The summed E-state index contributed by atoms with van der Waals surface area (Å²) in [6.45, 7) is -0.868. The van der Waals surface area contributed by atoms with Crippen LogP contribution in [0.5, 0.6) is 0 Å². The van der Waals surface area contributed by atoms with Crippen LogP contribution in [-0.4, -0.2) is 36.7 Å². The summed E-state index contributed by atoms with van der Waals surface area (Å²) >= 11 is 5.77. The number of hydrazine groups is 1. The van der Waals surface area contributed by atoms with E-state index in [1.54, 1.807) is 24.3 Å². The predicted molar refractivity (Wildman–Crippen MR) is 67.9 cm³/mol. The Labute approximate surface area is 118 Å². The van der Waals surface area contributed by atoms with E-state index in [4.69, 9.17) is 11.6 Å². The number of alkyl halides is 3. The fourth-order valence-corrected chi connectivity index (χ4v) is 2.15. The highest BCUT2D eigenvalue weighted by Gasteiger charge is 2.37. The highest BCUT2D eigenvalue weighted by Crippen LogP contribution is 2.22. The largest absolute Gasteiger partial charge is 0.402 e. The Kier molecular flexibility index (Phi) is 4.64. The highest BCUT2D eigenvalue weighted by molar-refractivity contribution is 6.30. The maximum absolute atomic E-state index is 12.5.